The molecule has 0 aliphatic carbocycles. The smallest absolute Gasteiger partial charge is 0.295 e. The monoisotopic (exact) mass is 476 g/mol. The first-order valence-corrected chi connectivity index (χ1v) is 11.4. The van der Waals surface area contributed by atoms with E-state index in [4.69, 9.17) is 16.3 Å². The molecule has 1 amide bonds. The third-order valence-electron chi connectivity index (χ3n) is 5.71. The van der Waals surface area contributed by atoms with Crippen molar-refractivity contribution in [1.29, 1.82) is 0 Å². The van der Waals surface area contributed by atoms with E-state index in [-0.39, 0.29) is 17.9 Å². The molecule has 1 N–H and O–H groups in total. The topological polar surface area (TPSA) is 79.7 Å². The molecule has 3 aromatic rings. The lowest BCUT2D eigenvalue weighted by Gasteiger charge is -2.25. The van der Waals surface area contributed by atoms with E-state index in [1.165, 1.54) is 4.90 Å². The van der Waals surface area contributed by atoms with Crippen LogP contribution in [0, 0.1) is 6.92 Å². The third-order valence-corrected chi connectivity index (χ3v) is 5.96. The van der Waals surface area contributed by atoms with E-state index in [9.17, 15) is 14.7 Å². The van der Waals surface area contributed by atoms with Crippen LogP contribution in [0.1, 0.15) is 41.6 Å². The molecule has 1 aromatic heterocycles. The van der Waals surface area contributed by atoms with Gasteiger partial charge in [-0.25, -0.2) is 0 Å². The van der Waals surface area contributed by atoms with Gasteiger partial charge >= 0.3 is 0 Å². The van der Waals surface area contributed by atoms with Gasteiger partial charge in [-0.2, -0.15) is 0 Å². The Balaban J connectivity index is 1.81. The molecule has 2 heterocycles. The maximum atomic E-state index is 13.2. The number of carbonyl (C=O) groups excluding carboxylic acids is 2. The van der Waals surface area contributed by atoms with E-state index in [0.717, 1.165) is 17.5 Å². The van der Waals surface area contributed by atoms with Crippen LogP contribution in [0.5, 0.6) is 5.75 Å². The summed E-state index contributed by atoms with van der Waals surface area (Å²) in [7, 11) is 0. The first kappa shape index (κ1) is 23.5. The van der Waals surface area contributed by atoms with Gasteiger partial charge in [0.2, 0.25) is 0 Å². The summed E-state index contributed by atoms with van der Waals surface area (Å²) in [5.74, 6) is -0.919. The Bertz CT molecular complexity index is 1240. The first-order chi connectivity index (χ1) is 16.4. The van der Waals surface area contributed by atoms with Crippen LogP contribution >= 0.6 is 11.6 Å². The normalized spacial score (nSPS) is 17.3. The van der Waals surface area contributed by atoms with Gasteiger partial charge < -0.3 is 14.7 Å². The number of benzene rings is 2. The number of likely N-dealkylation sites (tertiary alicyclic amines) is 1. The minimum atomic E-state index is -0.770. The van der Waals surface area contributed by atoms with Gasteiger partial charge in [-0.1, -0.05) is 36.7 Å². The summed E-state index contributed by atoms with van der Waals surface area (Å²) in [6, 6.07) is 15.0. The number of ketones is 1. The Kier molecular flexibility index (Phi) is 6.98. The summed E-state index contributed by atoms with van der Waals surface area (Å²) in [6.45, 7) is 4.66. The summed E-state index contributed by atoms with van der Waals surface area (Å²) in [5.41, 5.74) is 2.76. The number of aliphatic hydroxyl groups is 1. The molecule has 174 valence electrons. The number of Topliss-reactive ketones (excluding diaryl/α,β-unsaturated/α-hetero) is 1. The van der Waals surface area contributed by atoms with Crippen LogP contribution < -0.4 is 4.74 Å². The predicted octanol–water partition coefficient (Wildman–Crippen LogP) is 5.45. The Hall–Kier alpha value is -3.64. The van der Waals surface area contributed by atoms with Gasteiger partial charge in [0.05, 0.1) is 18.2 Å². The van der Waals surface area contributed by atoms with Crippen LogP contribution in [0.3, 0.4) is 0 Å². The molecule has 1 aliphatic rings. The number of hydrogen-bond acceptors (Lipinski definition) is 5. The first-order valence-electron chi connectivity index (χ1n) is 11.1. The Morgan fingerprint density at radius 2 is 1.91 bits per heavy atom. The Labute approximate surface area is 203 Å². The van der Waals surface area contributed by atoms with Crippen LogP contribution in [0.4, 0.5) is 0 Å². The fourth-order valence-corrected chi connectivity index (χ4v) is 4.18. The SMILES string of the molecule is CCCOc1ccc(/C(O)=C2/C(=O)C(=O)N(Cc3cccnc3)C2c2ccc(Cl)cc2)cc1C. The molecule has 0 radical (unpaired) electrons. The fourth-order valence-electron chi connectivity index (χ4n) is 4.05. The highest BCUT2D eigenvalue weighted by atomic mass is 35.5. The van der Waals surface area contributed by atoms with Crippen LogP contribution in [0.15, 0.2) is 72.6 Å². The average molecular weight is 477 g/mol. The minimum Gasteiger partial charge on any atom is -0.507 e. The maximum absolute atomic E-state index is 13.2. The lowest BCUT2D eigenvalue weighted by atomic mass is 9.94. The predicted molar refractivity (Wildman–Crippen MR) is 131 cm³/mol. The number of ether oxygens (including phenoxy) is 1. The highest BCUT2D eigenvalue weighted by Gasteiger charge is 2.46. The number of rotatable bonds is 7. The van der Waals surface area contributed by atoms with Crippen molar-refractivity contribution in [3.05, 3.63) is 99.8 Å². The van der Waals surface area contributed by atoms with E-state index < -0.39 is 17.7 Å². The standard InChI is InChI=1S/C27H25ClN2O4/c1-3-13-34-22-11-8-20(14-17(22)2)25(31)23-24(19-6-9-21(28)10-7-19)30(27(33)26(23)32)16-18-5-4-12-29-15-18/h4-12,14-15,24,31H,3,13,16H2,1-2H3/b25-23-. The van der Waals surface area contributed by atoms with Gasteiger partial charge in [0.1, 0.15) is 11.5 Å². The molecule has 6 nitrogen and oxygen atoms in total. The minimum absolute atomic E-state index is 0.0397. The van der Waals surface area contributed by atoms with Gasteiger partial charge in [-0.15, -0.1) is 0 Å². The van der Waals surface area contributed by atoms with Crippen LogP contribution in [0.25, 0.3) is 5.76 Å². The molecule has 34 heavy (non-hydrogen) atoms. The molecule has 4 rings (SSSR count). The van der Waals surface area contributed by atoms with Gasteiger partial charge in [-0.05, 0) is 66.4 Å². The Morgan fingerprint density at radius 1 is 1.15 bits per heavy atom. The maximum Gasteiger partial charge on any atom is 0.295 e. The average Bonchev–Trinajstić information content (AvgIpc) is 3.09. The van der Waals surface area contributed by atoms with Crippen molar-refractivity contribution in [2.45, 2.75) is 32.9 Å². The zero-order valence-corrected chi connectivity index (χ0v) is 19.7. The van der Waals surface area contributed by atoms with Crippen LogP contribution in [-0.4, -0.2) is 33.3 Å². The number of hydrogen-bond donors (Lipinski definition) is 1. The lowest BCUT2D eigenvalue weighted by Crippen LogP contribution is -2.29. The number of aliphatic hydroxyl groups excluding tert-OH is 1. The second kappa shape index (κ2) is 10.1. The van der Waals surface area contributed by atoms with E-state index >= 15 is 0 Å². The van der Waals surface area contributed by atoms with Crippen LogP contribution in [0.2, 0.25) is 5.02 Å². The van der Waals surface area contributed by atoms with Crippen molar-refractivity contribution in [3.63, 3.8) is 0 Å². The van der Waals surface area contributed by atoms with E-state index in [1.807, 2.05) is 19.9 Å². The van der Waals surface area contributed by atoms with Crippen molar-refractivity contribution < 1.29 is 19.4 Å². The van der Waals surface area contributed by atoms with Gasteiger partial charge in [0.15, 0.2) is 0 Å². The molecule has 7 heteroatoms. The third kappa shape index (κ3) is 4.68. The zero-order valence-electron chi connectivity index (χ0n) is 19.0. The van der Waals surface area contributed by atoms with E-state index in [0.29, 0.717) is 28.5 Å². The summed E-state index contributed by atoms with van der Waals surface area (Å²) in [6.07, 6.45) is 4.17. The number of aromatic nitrogens is 1. The molecule has 1 fully saturated rings. The molecular formula is C27H25ClN2O4. The number of pyridine rings is 1. The van der Waals surface area contributed by atoms with E-state index in [2.05, 4.69) is 4.98 Å². The second-order valence-electron chi connectivity index (χ2n) is 8.17. The fraction of sp³-hybridized carbons (Fsp3) is 0.222. The second-order valence-corrected chi connectivity index (χ2v) is 8.60. The number of carbonyl (C=O) groups is 2. The van der Waals surface area contributed by atoms with Crippen molar-refractivity contribution >= 4 is 29.1 Å². The van der Waals surface area contributed by atoms with Crippen molar-refractivity contribution in [3.8, 4) is 5.75 Å². The van der Waals surface area contributed by atoms with Gasteiger partial charge in [0.25, 0.3) is 11.7 Å². The van der Waals surface area contributed by atoms with Gasteiger partial charge in [0, 0.05) is 29.5 Å². The van der Waals surface area contributed by atoms with Crippen molar-refractivity contribution in [1.82, 2.24) is 9.88 Å². The molecule has 1 aliphatic heterocycles. The lowest BCUT2D eigenvalue weighted by molar-refractivity contribution is -0.140. The summed E-state index contributed by atoms with van der Waals surface area (Å²) in [4.78, 5) is 31.9. The molecule has 1 saturated heterocycles. The van der Waals surface area contributed by atoms with Gasteiger partial charge in [-0.3, -0.25) is 14.6 Å². The molecule has 0 spiro atoms. The molecule has 1 atom stereocenters. The number of aryl methyl sites for hydroxylation is 1. The summed E-state index contributed by atoms with van der Waals surface area (Å²) >= 11 is 6.08. The zero-order chi connectivity index (χ0) is 24.2. The largest absolute Gasteiger partial charge is 0.507 e. The number of halogens is 1. The quantitative estimate of drug-likeness (QED) is 0.278. The molecule has 0 saturated carbocycles. The summed E-state index contributed by atoms with van der Waals surface area (Å²) in [5, 5.41) is 11.8. The summed E-state index contributed by atoms with van der Waals surface area (Å²) < 4.78 is 5.72. The van der Waals surface area contributed by atoms with Crippen molar-refractivity contribution in [2.24, 2.45) is 0 Å². The van der Waals surface area contributed by atoms with Crippen LogP contribution in [-0.2, 0) is 16.1 Å². The highest BCUT2D eigenvalue weighted by molar-refractivity contribution is 6.46. The van der Waals surface area contributed by atoms with E-state index in [1.54, 1.807) is 60.9 Å². The number of amides is 1. The Morgan fingerprint density at radius 3 is 2.56 bits per heavy atom. The highest BCUT2D eigenvalue weighted by Crippen LogP contribution is 2.41. The molecule has 2 aromatic carbocycles. The number of nitrogens with zero attached hydrogens (tertiary/aromatic N) is 2. The molecule has 1 unspecified atom stereocenters. The molecule has 0 bridgehead atoms. The van der Waals surface area contributed by atoms with Crippen molar-refractivity contribution in [2.75, 3.05) is 6.61 Å². The molecular weight excluding hydrogens is 452 g/mol.